The Morgan fingerprint density at radius 1 is 1.19 bits per heavy atom. The van der Waals surface area contributed by atoms with E-state index < -0.39 is 0 Å². The van der Waals surface area contributed by atoms with E-state index in [0.717, 1.165) is 25.5 Å². The van der Waals surface area contributed by atoms with Gasteiger partial charge in [-0.2, -0.15) is 0 Å². The SMILES string of the molecule is CC/C=C/C(C=O)(CC)Cc1ccccc1. The van der Waals surface area contributed by atoms with Crippen molar-refractivity contribution in [2.75, 3.05) is 0 Å². The molecule has 0 fully saturated rings. The molecule has 0 N–H and O–H groups in total. The standard InChI is InChI=1S/C15H20O/c1-3-5-11-15(4-2,13-16)12-14-9-7-6-8-10-14/h5-11,13H,3-4,12H2,1-2H3/b11-5+. The average Bonchev–Trinajstić information content (AvgIpc) is 2.36. The minimum Gasteiger partial charge on any atom is -0.302 e. The van der Waals surface area contributed by atoms with Gasteiger partial charge in [-0.05, 0) is 24.8 Å². The van der Waals surface area contributed by atoms with Crippen molar-refractivity contribution in [3.05, 3.63) is 48.0 Å². The maximum absolute atomic E-state index is 11.3. The molecule has 1 heteroatoms. The lowest BCUT2D eigenvalue weighted by molar-refractivity contribution is -0.114. The number of aldehydes is 1. The van der Waals surface area contributed by atoms with Gasteiger partial charge in [0.2, 0.25) is 0 Å². The Hall–Kier alpha value is -1.37. The number of carbonyl (C=O) groups excluding carboxylic acids is 1. The molecule has 0 radical (unpaired) electrons. The molecule has 1 rings (SSSR count). The fourth-order valence-corrected chi connectivity index (χ4v) is 1.79. The van der Waals surface area contributed by atoms with Crippen LogP contribution >= 0.6 is 0 Å². The van der Waals surface area contributed by atoms with Crippen molar-refractivity contribution in [3.8, 4) is 0 Å². The van der Waals surface area contributed by atoms with Gasteiger partial charge in [-0.15, -0.1) is 0 Å². The molecule has 1 aromatic rings. The number of hydrogen-bond donors (Lipinski definition) is 0. The number of hydrogen-bond acceptors (Lipinski definition) is 1. The highest BCUT2D eigenvalue weighted by molar-refractivity contribution is 5.63. The van der Waals surface area contributed by atoms with E-state index >= 15 is 0 Å². The van der Waals surface area contributed by atoms with Crippen LogP contribution in [0.15, 0.2) is 42.5 Å². The van der Waals surface area contributed by atoms with E-state index in [4.69, 9.17) is 0 Å². The van der Waals surface area contributed by atoms with E-state index in [9.17, 15) is 4.79 Å². The first-order valence-corrected chi connectivity index (χ1v) is 5.94. The molecule has 1 nitrogen and oxygen atoms in total. The first-order chi connectivity index (χ1) is 7.76. The first kappa shape index (κ1) is 12.7. The maximum atomic E-state index is 11.3. The van der Waals surface area contributed by atoms with Crippen LogP contribution in [-0.2, 0) is 11.2 Å². The molecule has 0 spiro atoms. The number of allylic oxidation sites excluding steroid dienone is 2. The zero-order chi connectivity index (χ0) is 11.9. The van der Waals surface area contributed by atoms with E-state index in [2.05, 4.69) is 38.1 Å². The van der Waals surface area contributed by atoms with Gasteiger partial charge in [0, 0.05) is 5.41 Å². The Balaban J connectivity index is 2.86. The third-order valence-corrected chi connectivity index (χ3v) is 2.95. The van der Waals surface area contributed by atoms with E-state index in [1.54, 1.807) is 0 Å². The largest absolute Gasteiger partial charge is 0.302 e. The molecular formula is C15H20O. The fourth-order valence-electron chi connectivity index (χ4n) is 1.79. The lowest BCUT2D eigenvalue weighted by Gasteiger charge is -2.22. The van der Waals surface area contributed by atoms with Crippen LogP contribution in [0.25, 0.3) is 0 Å². The minimum atomic E-state index is -0.322. The van der Waals surface area contributed by atoms with Gasteiger partial charge < -0.3 is 4.79 Å². The highest BCUT2D eigenvalue weighted by Gasteiger charge is 2.24. The monoisotopic (exact) mass is 216 g/mol. The molecule has 0 saturated heterocycles. The molecule has 1 atom stereocenters. The average molecular weight is 216 g/mol. The van der Waals surface area contributed by atoms with E-state index in [1.165, 1.54) is 5.56 Å². The molecule has 0 aliphatic rings. The number of benzene rings is 1. The lowest BCUT2D eigenvalue weighted by Crippen LogP contribution is -2.22. The molecule has 0 heterocycles. The number of rotatable bonds is 6. The van der Waals surface area contributed by atoms with Crippen LogP contribution in [-0.4, -0.2) is 6.29 Å². The summed E-state index contributed by atoms with van der Waals surface area (Å²) < 4.78 is 0. The predicted molar refractivity (Wildman–Crippen MR) is 68.4 cm³/mol. The van der Waals surface area contributed by atoms with Crippen LogP contribution in [0.4, 0.5) is 0 Å². The van der Waals surface area contributed by atoms with Crippen molar-refractivity contribution in [1.82, 2.24) is 0 Å². The van der Waals surface area contributed by atoms with Crippen molar-refractivity contribution in [3.63, 3.8) is 0 Å². The molecule has 86 valence electrons. The highest BCUT2D eigenvalue weighted by Crippen LogP contribution is 2.26. The summed E-state index contributed by atoms with van der Waals surface area (Å²) in [6.45, 7) is 4.15. The normalized spacial score (nSPS) is 14.9. The van der Waals surface area contributed by atoms with Crippen molar-refractivity contribution >= 4 is 6.29 Å². The molecule has 0 bridgehead atoms. The minimum absolute atomic E-state index is 0.322. The Morgan fingerprint density at radius 2 is 1.88 bits per heavy atom. The molecule has 16 heavy (non-hydrogen) atoms. The van der Waals surface area contributed by atoms with Gasteiger partial charge in [-0.25, -0.2) is 0 Å². The Morgan fingerprint density at radius 3 is 2.38 bits per heavy atom. The third kappa shape index (κ3) is 3.34. The summed E-state index contributed by atoms with van der Waals surface area (Å²) in [5.41, 5.74) is 0.898. The summed E-state index contributed by atoms with van der Waals surface area (Å²) in [5.74, 6) is 0. The molecule has 0 amide bonds. The van der Waals surface area contributed by atoms with E-state index in [-0.39, 0.29) is 5.41 Å². The summed E-state index contributed by atoms with van der Waals surface area (Å²) in [7, 11) is 0. The summed E-state index contributed by atoms with van der Waals surface area (Å²) in [5, 5.41) is 0. The van der Waals surface area contributed by atoms with Crippen LogP contribution in [0.3, 0.4) is 0 Å². The van der Waals surface area contributed by atoms with Gasteiger partial charge in [0.15, 0.2) is 0 Å². The van der Waals surface area contributed by atoms with Gasteiger partial charge in [-0.1, -0.05) is 56.3 Å². The predicted octanol–water partition coefficient (Wildman–Crippen LogP) is 3.79. The summed E-state index contributed by atoms with van der Waals surface area (Å²) >= 11 is 0. The zero-order valence-electron chi connectivity index (χ0n) is 10.1. The van der Waals surface area contributed by atoms with Crippen LogP contribution in [0.2, 0.25) is 0 Å². The third-order valence-electron chi connectivity index (χ3n) is 2.95. The second kappa shape index (κ2) is 6.26. The molecule has 0 aliphatic carbocycles. The Kier molecular flexibility index (Phi) is 4.97. The highest BCUT2D eigenvalue weighted by atomic mass is 16.1. The summed E-state index contributed by atoms with van der Waals surface area (Å²) in [6, 6.07) is 10.2. The Labute approximate surface area is 98.2 Å². The van der Waals surface area contributed by atoms with Crippen LogP contribution < -0.4 is 0 Å². The molecule has 0 aliphatic heterocycles. The van der Waals surface area contributed by atoms with Crippen LogP contribution in [0, 0.1) is 5.41 Å². The van der Waals surface area contributed by atoms with Crippen molar-refractivity contribution in [2.24, 2.45) is 5.41 Å². The van der Waals surface area contributed by atoms with E-state index in [1.807, 2.05) is 18.2 Å². The van der Waals surface area contributed by atoms with E-state index in [0.29, 0.717) is 0 Å². The van der Waals surface area contributed by atoms with Gasteiger partial charge in [0.05, 0.1) is 0 Å². The van der Waals surface area contributed by atoms with Gasteiger partial charge in [-0.3, -0.25) is 0 Å². The maximum Gasteiger partial charge on any atom is 0.130 e. The first-order valence-electron chi connectivity index (χ1n) is 5.94. The number of carbonyl (C=O) groups is 1. The van der Waals surface area contributed by atoms with Gasteiger partial charge in [0.1, 0.15) is 6.29 Å². The summed E-state index contributed by atoms with van der Waals surface area (Å²) in [6.07, 6.45) is 7.86. The van der Waals surface area contributed by atoms with Gasteiger partial charge in [0.25, 0.3) is 0 Å². The molecule has 0 saturated carbocycles. The zero-order valence-corrected chi connectivity index (χ0v) is 10.1. The van der Waals surface area contributed by atoms with Crippen molar-refractivity contribution in [1.29, 1.82) is 0 Å². The molecule has 1 aromatic carbocycles. The quantitative estimate of drug-likeness (QED) is 0.522. The second-order valence-electron chi connectivity index (χ2n) is 4.18. The molecular weight excluding hydrogens is 196 g/mol. The van der Waals surface area contributed by atoms with Gasteiger partial charge >= 0.3 is 0 Å². The smallest absolute Gasteiger partial charge is 0.130 e. The van der Waals surface area contributed by atoms with Crippen molar-refractivity contribution in [2.45, 2.75) is 33.1 Å². The fraction of sp³-hybridized carbons (Fsp3) is 0.400. The van der Waals surface area contributed by atoms with Crippen LogP contribution in [0.1, 0.15) is 32.3 Å². The lowest BCUT2D eigenvalue weighted by atomic mass is 9.80. The van der Waals surface area contributed by atoms with Crippen molar-refractivity contribution < 1.29 is 4.79 Å². The molecule has 0 aromatic heterocycles. The summed E-state index contributed by atoms with van der Waals surface area (Å²) in [4.78, 5) is 11.3. The van der Waals surface area contributed by atoms with Crippen LogP contribution in [0.5, 0.6) is 0 Å². The molecule has 1 unspecified atom stereocenters. The Bertz CT molecular complexity index is 340. The topological polar surface area (TPSA) is 17.1 Å². The second-order valence-corrected chi connectivity index (χ2v) is 4.18.